The number of ketones is 3. The second-order valence-corrected chi connectivity index (χ2v) is 7.87. The number of hydrogen-bond acceptors (Lipinski definition) is 6. The number of esters is 1. The molecular formula is C20H31NO6. The second-order valence-electron chi connectivity index (χ2n) is 7.87. The molecule has 1 heterocycles. The molecule has 1 amide bonds. The van der Waals surface area contributed by atoms with E-state index in [1.165, 1.54) is 0 Å². The maximum atomic E-state index is 13.1. The Balaban J connectivity index is 3.36. The quantitative estimate of drug-likeness (QED) is 0.345. The fraction of sp³-hybridized carbons (Fsp3) is 0.750. The lowest BCUT2D eigenvalue weighted by molar-refractivity contribution is -0.174. The molecule has 0 spiro atoms. The van der Waals surface area contributed by atoms with Gasteiger partial charge < -0.3 is 9.64 Å². The highest BCUT2D eigenvalue weighted by Crippen LogP contribution is 2.32. The van der Waals surface area contributed by atoms with Gasteiger partial charge in [-0.2, -0.15) is 0 Å². The first-order chi connectivity index (χ1) is 12.6. The van der Waals surface area contributed by atoms with E-state index in [4.69, 9.17) is 4.74 Å². The van der Waals surface area contributed by atoms with E-state index in [1.807, 2.05) is 0 Å². The Morgan fingerprint density at radius 2 is 1.48 bits per heavy atom. The predicted octanol–water partition coefficient (Wildman–Crippen LogP) is 2.10. The molecular weight excluding hydrogens is 350 g/mol. The van der Waals surface area contributed by atoms with Crippen LogP contribution in [0.5, 0.6) is 0 Å². The molecule has 0 bridgehead atoms. The minimum atomic E-state index is -2.02. The third kappa shape index (κ3) is 5.23. The first-order valence-electron chi connectivity index (χ1n) is 9.67. The Morgan fingerprint density at radius 3 is 2.00 bits per heavy atom. The van der Waals surface area contributed by atoms with Crippen LogP contribution in [0.25, 0.3) is 0 Å². The lowest BCUT2D eigenvalue weighted by Gasteiger charge is -2.43. The lowest BCUT2D eigenvalue weighted by atomic mass is 9.79. The Labute approximate surface area is 160 Å². The van der Waals surface area contributed by atoms with Gasteiger partial charge in [-0.1, -0.05) is 27.7 Å². The zero-order chi connectivity index (χ0) is 20.8. The highest BCUT2D eigenvalue weighted by atomic mass is 16.5. The summed E-state index contributed by atoms with van der Waals surface area (Å²) in [6.07, 6.45) is 1.02. The van der Waals surface area contributed by atoms with Crippen molar-refractivity contribution < 1.29 is 28.7 Å². The molecule has 1 aliphatic heterocycles. The SMILES string of the molecule is CCOC(=O)C1(C(=O)C(=O)CC(C)C)CCCCN1C(=O)C(=O)CC(C)C. The highest BCUT2D eigenvalue weighted by molar-refractivity contribution is 6.47. The fourth-order valence-electron chi connectivity index (χ4n) is 3.35. The van der Waals surface area contributed by atoms with Crippen LogP contribution in [0.1, 0.15) is 66.7 Å². The molecule has 0 N–H and O–H groups in total. The van der Waals surface area contributed by atoms with Crippen molar-refractivity contribution in [2.45, 2.75) is 72.3 Å². The Bertz CT molecular complexity index is 610. The van der Waals surface area contributed by atoms with Gasteiger partial charge in [0, 0.05) is 19.4 Å². The smallest absolute Gasteiger partial charge is 0.340 e. The van der Waals surface area contributed by atoms with E-state index < -0.39 is 34.8 Å². The molecule has 0 saturated carbocycles. The van der Waals surface area contributed by atoms with E-state index in [-0.39, 0.29) is 44.2 Å². The van der Waals surface area contributed by atoms with Gasteiger partial charge >= 0.3 is 5.97 Å². The zero-order valence-electron chi connectivity index (χ0n) is 17.0. The van der Waals surface area contributed by atoms with Crippen LogP contribution in [0, 0.1) is 11.8 Å². The van der Waals surface area contributed by atoms with Crippen molar-refractivity contribution in [2.75, 3.05) is 13.2 Å². The van der Waals surface area contributed by atoms with Crippen molar-refractivity contribution in [3.05, 3.63) is 0 Å². The van der Waals surface area contributed by atoms with Crippen molar-refractivity contribution in [3.63, 3.8) is 0 Å². The zero-order valence-corrected chi connectivity index (χ0v) is 17.0. The monoisotopic (exact) mass is 381 g/mol. The van der Waals surface area contributed by atoms with Crippen molar-refractivity contribution in [3.8, 4) is 0 Å². The Morgan fingerprint density at radius 1 is 0.926 bits per heavy atom. The molecule has 1 aliphatic rings. The van der Waals surface area contributed by atoms with Gasteiger partial charge in [-0.25, -0.2) is 4.79 Å². The van der Waals surface area contributed by atoms with Crippen LogP contribution in [0.3, 0.4) is 0 Å². The van der Waals surface area contributed by atoms with E-state index in [0.717, 1.165) is 4.90 Å². The Kier molecular flexibility index (Phi) is 8.31. The second kappa shape index (κ2) is 9.76. The minimum absolute atomic E-state index is 0.00476. The number of hydrogen-bond donors (Lipinski definition) is 0. The average molecular weight is 381 g/mol. The highest BCUT2D eigenvalue weighted by Gasteiger charge is 2.57. The predicted molar refractivity (Wildman–Crippen MR) is 98.9 cm³/mol. The minimum Gasteiger partial charge on any atom is -0.464 e. The average Bonchev–Trinajstić information content (AvgIpc) is 2.59. The molecule has 1 unspecified atom stereocenters. The van der Waals surface area contributed by atoms with E-state index in [9.17, 15) is 24.0 Å². The van der Waals surface area contributed by atoms with Crippen molar-refractivity contribution in [2.24, 2.45) is 11.8 Å². The lowest BCUT2D eigenvalue weighted by Crippen LogP contribution is -2.67. The van der Waals surface area contributed by atoms with Gasteiger partial charge in [-0.15, -0.1) is 0 Å². The van der Waals surface area contributed by atoms with Crippen LogP contribution in [0.2, 0.25) is 0 Å². The molecule has 1 rings (SSSR count). The summed E-state index contributed by atoms with van der Waals surface area (Å²) in [5.74, 6) is -4.24. The number of piperidine rings is 1. The van der Waals surface area contributed by atoms with Gasteiger partial charge in [0.15, 0.2) is 0 Å². The van der Waals surface area contributed by atoms with Crippen LogP contribution in [0.4, 0.5) is 0 Å². The summed E-state index contributed by atoms with van der Waals surface area (Å²) < 4.78 is 5.09. The normalized spacial score (nSPS) is 19.9. The van der Waals surface area contributed by atoms with Crippen LogP contribution in [-0.2, 0) is 28.7 Å². The summed E-state index contributed by atoms with van der Waals surface area (Å²) in [5.41, 5.74) is -2.02. The largest absolute Gasteiger partial charge is 0.464 e. The summed E-state index contributed by atoms with van der Waals surface area (Å²) in [6, 6.07) is 0. The molecule has 1 fully saturated rings. The molecule has 7 nitrogen and oxygen atoms in total. The first-order valence-corrected chi connectivity index (χ1v) is 9.67. The molecule has 27 heavy (non-hydrogen) atoms. The van der Waals surface area contributed by atoms with Crippen molar-refractivity contribution in [1.82, 2.24) is 4.90 Å². The van der Waals surface area contributed by atoms with E-state index >= 15 is 0 Å². The van der Waals surface area contributed by atoms with E-state index in [2.05, 4.69) is 0 Å². The Hall–Kier alpha value is -2.05. The topological polar surface area (TPSA) is 97.8 Å². The van der Waals surface area contributed by atoms with Gasteiger partial charge in [0.05, 0.1) is 6.61 Å². The van der Waals surface area contributed by atoms with E-state index in [1.54, 1.807) is 34.6 Å². The van der Waals surface area contributed by atoms with Crippen molar-refractivity contribution in [1.29, 1.82) is 0 Å². The maximum Gasteiger partial charge on any atom is 0.340 e. The number of ether oxygens (including phenoxy) is 1. The van der Waals surface area contributed by atoms with Crippen LogP contribution >= 0.6 is 0 Å². The van der Waals surface area contributed by atoms with Gasteiger partial charge in [0.1, 0.15) is 0 Å². The van der Waals surface area contributed by atoms with Gasteiger partial charge in [0.25, 0.3) is 5.91 Å². The molecule has 0 aromatic carbocycles. The molecule has 0 aromatic rings. The van der Waals surface area contributed by atoms with Gasteiger partial charge in [0.2, 0.25) is 22.9 Å². The van der Waals surface area contributed by atoms with Gasteiger partial charge in [-0.05, 0) is 38.0 Å². The molecule has 7 heteroatoms. The first kappa shape index (κ1) is 23.0. The summed E-state index contributed by atoms with van der Waals surface area (Å²) >= 11 is 0. The number of nitrogens with zero attached hydrogens (tertiary/aromatic N) is 1. The summed E-state index contributed by atoms with van der Waals surface area (Å²) in [4.78, 5) is 64.6. The third-order valence-electron chi connectivity index (χ3n) is 4.54. The maximum absolute atomic E-state index is 13.1. The molecule has 0 aromatic heterocycles. The molecule has 0 radical (unpaired) electrons. The number of carbonyl (C=O) groups is 5. The number of Topliss-reactive ketones (excluding diaryl/α,β-unsaturated/α-hetero) is 3. The molecule has 1 saturated heterocycles. The summed E-state index contributed by atoms with van der Waals surface area (Å²) in [6.45, 7) is 8.85. The van der Waals surface area contributed by atoms with Crippen LogP contribution in [0.15, 0.2) is 0 Å². The third-order valence-corrected chi connectivity index (χ3v) is 4.54. The number of rotatable bonds is 9. The molecule has 1 atom stereocenters. The fourth-order valence-corrected chi connectivity index (χ4v) is 3.35. The molecule has 0 aliphatic carbocycles. The summed E-state index contributed by atoms with van der Waals surface area (Å²) in [7, 11) is 0. The summed E-state index contributed by atoms with van der Waals surface area (Å²) in [5, 5.41) is 0. The van der Waals surface area contributed by atoms with Crippen LogP contribution < -0.4 is 0 Å². The number of likely N-dealkylation sites (tertiary alicyclic amines) is 1. The standard InChI is InChI=1S/C20H31NO6/c1-6-27-19(26)20(17(24)15(22)11-13(2)3)9-7-8-10-21(20)18(25)16(23)12-14(4)5/h13-14H,6-12H2,1-5H3. The van der Waals surface area contributed by atoms with Gasteiger partial charge in [-0.3, -0.25) is 19.2 Å². The van der Waals surface area contributed by atoms with Crippen molar-refractivity contribution >= 4 is 29.2 Å². The van der Waals surface area contributed by atoms with E-state index in [0.29, 0.717) is 12.8 Å². The number of amides is 1. The van der Waals surface area contributed by atoms with Crippen LogP contribution in [-0.4, -0.2) is 52.8 Å². The molecule has 152 valence electrons. The number of carbonyl (C=O) groups excluding carboxylic acids is 5.